The molecule has 0 atom stereocenters. The monoisotopic (exact) mass is 440 g/mol. The second-order valence-corrected chi connectivity index (χ2v) is 10.2. The number of likely N-dealkylation sites (N-methyl/N-ethyl adjacent to an activating group) is 1. The molecule has 29 heavy (non-hydrogen) atoms. The maximum atomic E-state index is 12.8. The van der Waals surface area contributed by atoms with Crippen LogP contribution in [0.5, 0.6) is 11.5 Å². The lowest BCUT2D eigenvalue weighted by Crippen LogP contribution is -2.35. The van der Waals surface area contributed by atoms with E-state index in [1.165, 1.54) is 30.5 Å². The summed E-state index contributed by atoms with van der Waals surface area (Å²) in [6.07, 6.45) is 1.49. The summed E-state index contributed by atoms with van der Waals surface area (Å²) in [6, 6.07) is 4.44. The van der Waals surface area contributed by atoms with Crippen LogP contribution in [0.25, 0.3) is 0 Å². The van der Waals surface area contributed by atoms with E-state index in [4.69, 9.17) is 9.47 Å². The molecule has 1 aromatic heterocycles. The molecule has 1 aliphatic heterocycles. The summed E-state index contributed by atoms with van der Waals surface area (Å²) in [4.78, 5) is 12.3. The predicted octanol–water partition coefficient (Wildman–Crippen LogP) is 2.16. The maximum Gasteiger partial charge on any atom is 0.243 e. The number of aromatic nitrogens is 2. The number of hydrogen-bond acceptors (Lipinski definition) is 8. The van der Waals surface area contributed by atoms with Gasteiger partial charge in [0.15, 0.2) is 11.5 Å². The van der Waals surface area contributed by atoms with E-state index >= 15 is 0 Å². The van der Waals surface area contributed by atoms with Crippen molar-refractivity contribution in [2.45, 2.75) is 31.6 Å². The zero-order valence-electron chi connectivity index (χ0n) is 16.5. The van der Waals surface area contributed by atoms with Gasteiger partial charge in [0.2, 0.25) is 21.1 Å². The third-order valence-electron chi connectivity index (χ3n) is 4.09. The van der Waals surface area contributed by atoms with Gasteiger partial charge in [0.25, 0.3) is 0 Å². The van der Waals surface area contributed by atoms with Gasteiger partial charge >= 0.3 is 0 Å². The number of nitrogens with one attached hydrogen (secondary N) is 1. The Morgan fingerprint density at radius 3 is 2.69 bits per heavy atom. The number of fused-ring (bicyclic) bond motifs is 1. The molecular weight excluding hydrogens is 416 g/mol. The van der Waals surface area contributed by atoms with Gasteiger partial charge in [0.05, 0.1) is 24.7 Å². The standard InChI is InChI=1S/C18H24N4O5S2/c1-12(2)9-17-20-21-18(28-17)19-16(23)11-22(3)29(24,25)13-5-6-14-15(10-13)27-8-4-7-26-14/h5-6,10,12H,4,7-9,11H2,1-3H3,(H,19,21,23). The molecule has 9 nitrogen and oxygen atoms in total. The molecule has 11 heteroatoms. The number of carbonyl (C=O) groups excluding carboxylic acids is 1. The molecule has 2 aromatic rings. The Hall–Kier alpha value is -2.24. The number of hydrogen-bond donors (Lipinski definition) is 1. The van der Waals surface area contributed by atoms with E-state index in [2.05, 4.69) is 29.4 Å². The van der Waals surface area contributed by atoms with Gasteiger partial charge in [0, 0.05) is 26.0 Å². The summed E-state index contributed by atoms with van der Waals surface area (Å²) in [5.41, 5.74) is 0. The van der Waals surface area contributed by atoms with Crippen LogP contribution in [0.1, 0.15) is 25.3 Å². The van der Waals surface area contributed by atoms with Gasteiger partial charge in [-0.1, -0.05) is 25.2 Å². The summed E-state index contributed by atoms with van der Waals surface area (Å²) in [5, 5.41) is 11.7. The fourth-order valence-corrected chi connectivity index (χ4v) is 4.78. The van der Waals surface area contributed by atoms with Crippen molar-refractivity contribution in [1.29, 1.82) is 0 Å². The van der Waals surface area contributed by atoms with Gasteiger partial charge < -0.3 is 9.47 Å². The van der Waals surface area contributed by atoms with Crippen LogP contribution in [-0.2, 0) is 21.2 Å². The highest BCUT2D eigenvalue weighted by atomic mass is 32.2. The average Bonchev–Trinajstić information content (AvgIpc) is 2.94. The number of rotatable bonds is 7. The smallest absolute Gasteiger partial charge is 0.243 e. The van der Waals surface area contributed by atoms with Gasteiger partial charge in [0.1, 0.15) is 5.01 Å². The van der Waals surface area contributed by atoms with Crippen molar-refractivity contribution in [3.63, 3.8) is 0 Å². The normalized spacial score (nSPS) is 14.1. The molecule has 0 saturated heterocycles. The minimum absolute atomic E-state index is 0.0344. The molecule has 1 aromatic carbocycles. The minimum atomic E-state index is -3.88. The Balaban J connectivity index is 1.66. The van der Waals surface area contributed by atoms with Crippen molar-refractivity contribution in [2.24, 2.45) is 5.92 Å². The van der Waals surface area contributed by atoms with Gasteiger partial charge in [-0.15, -0.1) is 10.2 Å². The highest BCUT2D eigenvalue weighted by molar-refractivity contribution is 7.89. The maximum absolute atomic E-state index is 12.8. The third kappa shape index (κ3) is 5.43. The van der Waals surface area contributed by atoms with Crippen LogP contribution < -0.4 is 14.8 Å². The van der Waals surface area contributed by atoms with Crippen molar-refractivity contribution in [1.82, 2.24) is 14.5 Å². The van der Waals surface area contributed by atoms with Crippen molar-refractivity contribution in [3.05, 3.63) is 23.2 Å². The number of carbonyl (C=O) groups is 1. The molecule has 158 valence electrons. The number of amides is 1. The third-order valence-corrected chi connectivity index (χ3v) is 6.75. The molecule has 0 fully saturated rings. The van der Waals surface area contributed by atoms with E-state index in [-0.39, 0.29) is 11.4 Å². The second kappa shape index (κ2) is 9.06. The molecule has 0 radical (unpaired) electrons. The Kier molecular flexibility index (Phi) is 6.70. The summed E-state index contributed by atoms with van der Waals surface area (Å²) in [7, 11) is -2.53. The first-order chi connectivity index (χ1) is 13.8. The van der Waals surface area contributed by atoms with Crippen LogP contribution in [0, 0.1) is 5.92 Å². The number of anilines is 1. The molecule has 3 rings (SSSR count). The van der Waals surface area contributed by atoms with Crippen molar-refractivity contribution < 1.29 is 22.7 Å². The van der Waals surface area contributed by atoms with Crippen LogP contribution in [0.2, 0.25) is 0 Å². The van der Waals surface area contributed by atoms with Gasteiger partial charge in [-0.3, -0.25) is 10.1 Å². The van der Waals surface area contributed by atoms with Crippen molar-refractivity contribution in [2.75, 3.05) is 32.1 Å². The van der Waals surface area contributed by atoms with E-state index in [9.17, 15) is 13.2 Å². The largest absolute Gasteiger partial charge is 0.490 e. The van der Waals surface area contributed by atoms with E-state index in [1.54, 1.807) is 6.07 Å². The summed E-state index contributed by atoms with van der Waals surface area (Å²) in [5.74, 6) is 0.832. The first-order valence-electron chi connectivity index (χ1n) is 9.24. The molecule has 1 N–H and O–H groups in total. The van der Waals surface area contributed by atoms with Crippen molar-refractivity contribution >= 4 is 32.4 Å². The highest BCUT2D eigenvalue weighted by Crippen LogP contribution is 2.32. The zero-order valence-corrected chi connectivity index (χ0v) is 18.2. The van der Waals surface area contributed by atoms with E-state index in [0.717, 1.165) is 22.2 Å². The van der Waals surface area contributed by atoms with Crippen LogP contribution in [-0.4, -0.2) is 55.6 Å². The van der Waals surface area contributed by atoms with E-state index in [0.29, 0.717) is 35.8 Å². The Labute approximate surface area is 174 Å². The highest BCUT2D eigenvalue weighted by Gasteiger charge is 2.25. The second-order valence-electron chi connectivity index (χ2n) is 7.07. The minimum Gasteiger partial charge on any atom is -0.490 e. The summed E-state index contributed by atoms with van der Waals surface area (Å²) < 4.78 is 37.7. The lowest BCUT2D eigenvalue weighted by atomic mass is 10.1. The molecule has 0 aliphatic carbocycles. The molecule has 1 aliphatic rings. The first kappa shape index (κ1) is 21.5. The van der Waals surface area contributed by atoms with E-state index < -0.39 is 15.9 Å². The predicted molar refractivity (Wildman–Crippen MR) is 109 cm³/mol. The lowest BCUT2D eigenvalue weighted by molar-refractivity contribution is -0.116. The lowest BCUT2D eigenvalue weighted by Gasteiger charge is -2.17. The summed E-state index contributed by atoms with van der Waals surface area (Å²) in [6.45, 7) is 4.76. The molecule has 0 saturated carbocycles. The fourth-order valence-electron chi connectivity index (χ4n) is 2.67. The Bertz CT molecular complexity index is 974. The quantitative estimate of drug-likeness (QED) is 0.702. The van der Waals surface area contributed by atoms with Gasteiger partial charge in [-0.25, -0.2) is 8.42 Å². The van der Waals surface area contributed by atoms with Gasteiger partial charge in [-0.05, 0) is 18.1 Å². The van der Waals surface area contributed by atoms with Crippen LogP contribution in [0.15, 0.2) is 23.1 Å². The van der Waals surface area contributed by atoms with Crippen LogP contribution >= 0.6 is 11.3 Å². The molecular formula is C18H24N4O5S2. The summed E-state index contributed by atoms with van der Waals surface area (Å²) >= 11 is 1.29. The van der Waals surface area contributed by atoms with Crippen LogP contribution in [0.4, 0.5) is 5.13 Å². The number of sulfonamides is 1. The fraction of sp³-hybridized carbons (Fsp3) is 0.500. The van der Waals surface area contributed by atoms with Crippen LogP contribution in [0.3, 0.4) is 0 Å². The van der Waals surface area contributed by atoms with Crippen molar-refractivity contribution in [3.8, 4) is 11.5 Å². The average molecular weight is 441 g/mol. The molecule has 2 heterocycles. The topological polar surface area (TPSA) is 111 Å². The number of benzene rings is 1. The SMILES string of the molecule is CC(C)Cc1nnc(NC(=O)CN(C)S(=O)(=O)c2ccc3c(c2)OCCCO3)s1. The Morgan fingerprint density at radius 2 is 1.97 bits per heavy atom. The first-order valence-corrected chi connectivity index (χ1v) is 11.5. The molecule has 0 bridgehead atoms. The molecule has 0 unspecified atom stereocenters. The molecule has 0 spiro atoms. The molecule has 1 amide bonds. The van der Waals surface area contributed by atoms with Gasteiger partial charge in [-0.2, -0.15) is 4.31 Å². The Morgan fingerprint density at radius 1 is 1.24 bits per heavy atom. The zero-order chi connectivity index (χ0) is 21.0. The van der Waals surface area contributed by atoms with E-state index in [1.807, 2.05) is 0 Å². The number of ether oxygens (including phenoxy) is 2. The number of nitrogens with zero attached hydrogens (tertiary/aromatic N) is 3.